The van der Waals surface area contributed by atoms with Crippen LogP contribution in [0.3, 0.4) is 0 Å². The van der Waals surface area contributed by atoms with E-state index in [4.69, 9.17) is 0 Å². The molecule has 0 radical (unpaired) electrons. The number of anilines is 1. The molecule has 26 heavy (non-hydrogen) atoms. The molecule has 1 atom stereocenters. The quantitative estimate of drug-likeness (QED) is 0.775. The number of carbonyl (C=O) groups excluding carboxylic acids is 1. The van der Waals surface area contributed by atoms with Crippen LogP contribution in [0.25, 0.3) is 6.08 Å². The summed E-state index contributed by atoms with van der Waals surface area (Å²) >= 11 is 0. The van der Waals surface area contributed by atoms with Crippen LogP contribution in [0.15, 0.2) is 60.0 Å². The van der Waals surface area contributed by atoms with E-state index in [9.17, 15) is 13.2 Å². The van der Waals surface area contributed by atoms with Gasteiger partial charge in [0.25, 0.3) is 15.9 Å². The monoisotopic (exact) mass is 372 g/mol. The molecule has 2 aromatic carbocycles. The molecule has 1 unspecified atom stereocenters. The minimum atomic E-state index is -3.63. The van der Waals surface area contributed by atoms with Crippen LogP contribution in [0.4, 0.5) is 5.69 Å². The zero-order valence-electron chi connectivity index (χ0n) is 15.1. The van der Waals surface area contributed by atoms with Crippen LogP contribution in [0.5, 0.6) is 0 Å². The summed E-state index contributed by atoms with van der Waals surface area (Å²) in [6, 6.07) is 15.6. The van der Waals surface area contributed by atoms with E-state index in [1.165, 1.54) is 6.08 Å². The summed E-state index contributed by atoms with van der Waals surface area (Å²) in [6.07, 6.45) is 1.53. The van der Waals surface area contributed by atoms with Crippen LogP contribution in [-0.2, 0) is 10.0 Å². The van der Waals surface area contributed by atoms with E-state index in [2.05, 4.69) is 10.0 Å². The second-order valence-corrected chi connectivity index (χ2v) is 8.01. The topological polar surface area (TPSA) is 75.3 Å². The standard InChI is InChI=1S/C20H24N2O3S/c1-15(2)16(3)21-20(23)18-9-11-19(12-10-18)22-26(24,25)14-13-17-7-5-4-6-8-17/h4-16,22H,1-3H3,(H,21,23)/b14-13+. The van der Waals surface area contributed by atoms with Crippen molar-refractivity contribution in [3.63, 3.8) is 0 Å². The molecule has 2 aromatic rings. The van der Waals surface area contributed by atoms with Crippen molar-refractivity contribution in [2.45, 2.75) is 26.8 Å². The summed E-state index contributed by atoms with van der Waals surface area (Å²) in [6.45, 7) is 6.02. The molecule has 2 N–H and O–H groups in total. The molecule has 1 amide bonds. The summed E-state index contributed by atoms with van der Waals surface area (Å²) in [4.78, 5) is 12.2. The average molecular weight is 372 g/mol. The molecule has 0 fully saturated rings. The number of hydrogen-bond donors (Lipinski definition) is 2. The van der Waals surface area contributed by atoms with Crippen LogP contribution in [0.1, 0.15) is 36.7 Å². The van der Waals surface area contributed by atoms with E-state index >= 15 is 0 Å². The van der Waals surface area contributed by atoms with E-state index in [0.717, 1.165) is 11.0 Å². The van der Waals surface area contributed by atoms with Crippen LogP contribution < -0.4 is 10.0 Å². The minimum absolute atomic E-state index is 0.0591. The highest BCUT2D eigenvalue weighted by atomic mass is 32.2. The number of hydrogen-bond acceptors (Lipinski definition) is 3. The van der Waals surface area contributed by atoms with Crippen molar-refractivity contribution in [1.82, 2.24) is 5.32 Å². The van der Waals surface area contributed by atoms with Gasteiger partial charge in [-0.05, 0) is 48.7 Å². The molecule has 0 aliphatic carbocycles. The van der Waals surface area contributed by atoms with Gasteiger partial charge >= 0.3 is 0 Å². The van der Waals surface area contributed by atoms with Crippen molar-refractivity contribution in [1.29, 1.82) is 0 Å². The van der Waals surface area contributed by atoms with Gasteiger partial charge in [-0.3, -0.25) is 9.52 Å². The van der Waals surface area contributed by atoms with Gasteiger partial charge in [0.05, 0.1) is 5.41 Å². The molecule has 5 nitrogen and oxygen atoms in total. The Hall–Kier alpha value is -2.60. The lowest BCUT2D eigenvalue weighted by Crippen LogP contribution is -2.36. The summed E-state index contributed by atoms with van der Waals surface area (Å²) < 4.78 is 26.7. The van der Waals surface area contributed by atoms with Gasteiger partial charge in [0.1, 0.15) is 0 Å². The van der Waals surface area contributed by atoms with Crippen molar-refractivity contribution in [2.75, 3.05) is 4.72 Å². The van der Waals surface area contributed by atoms with E-state index in [1.807, 2.05) is 51.1 Å². The maximum atomic E-state index is 12.2. The molecule has 138 valence electrons. The van der Waals surface area contributed by atoms with Crippen LogP contribution in [0.2, 0.25) is 0 Å². The fourth-order valence-corrected chi connectivity index (χ4v) is 2.95. The average Bonchev–Trinajstić information content (AvgIpc) is 2.61. The molecular weight excluding hydrogens is 348 g/mol. The zero-order chi connectivity index (χ0) is 19.2. The Morgan fingerprint density at radius 3 is 2.15 bits per heavy atom. The smallest absolute Gasteiger partial charge is 0.255 e. The maximum Gasteiger partial charge on any atom is 0.255 e. The normalized spacial score (nSPS) is 12.9. The van der Waals surface area contributed by atoms with Crippen LogP contribution in [0, 0.1) is 5.92 Å². The summed E-state index contributed by atoms with van der Waals surface area (Å²) in [5.74, 6) is 0.158. The van der Waals surface area contributed by atoms with Gasteiger partial charge in [0, 0.05) is 17.3 Å². The number of sulfonamides is 1. The van der Waals surface area contributed by atoms with Gasteiger partial charge in [-0.1, -0.05) is 44.2 Å². The van der Waals surface area contributed by atoms with E-state index in [0.29, 0.717) is 17.2 Å². The van der Waals surface area contributed by atoms with Crippen LogP contribution >= 0.6 is 0 Å². The maximum absolute atomic E-state index is 12.2. The SMILES string of the molecule is CC(C)C(C)NC(=O)c1ccc(NS(=O)(=O)/C=C/c2ccccc2)cc1. The number of carbonyl (C=O) groups is 1. The van der Waals surface area contributed by atoms with Gasteiger partial charge in [-0.25, -0.2) is 8.42 Å². The first-order chi connectivity index (χ1) is 12.3. The van der Waals surface area contributed by atoms with Crippen molar-refractivity contribution in [3.05, 3.63) is 71.1 Å². The molecule has 0 saturated carbocycles. The molecule has 0 aromatic heterocycles. The Bertz CT molecular complexity index is 858. The lowest BCUT2D eigenvalue weighted by molar-refractivity contribution is 0.0930. The fourth-order valence-electron chi connectivity index (χ4n) is 2.08. The Balaban J connectivity index is 2.02. The Kier molecular flexibility index (Phi) is 6.58. The molecule has 6 heteroatoms. The molecule has 0 bridgehead atoms. The first-order valence-corrected chi connectivity index (χ1v) is 9.98. The highest BCUT2D eigenvalue weighted by molar-refractivity contribution is 7.95. The van der Waals surface area contributed by atoms with E-state index in [-0.39, 0.29) is 11.9 Å². The number of amides is 1. The molecule has 0 saturated heterocycles. The third-order valence-electron chi connectivity index (χ3n) is 4.01. The van der Waals surface area contributed by atoms with Gasteiger partial charge in [-0.15, -0.1) is 0 Å². The van der Waals surface area contributed by atoms with Crippen molar-refractivity contribution < 1.29 is 13.2 Å². The van der Waals surface area contributed by atoms with Gasteiger partial charge in [-0.2, -0.15) is 0 Å². The van der Waals surface area contributed by atoms with Crippen molar-refractivity contribution in [3.8, 4) is 0 Å². The Morgan fingerprint density at radius 2 is 1.58 bits per heavy atom. The largest absolute Gasteiger partial charge is 0.349 e. The Morgan fingerprint density at radius 1 is 0.962 bits per heavy atom. The lowest BCUT2D eigenvalue weighted by Gasteiger charge is -2.17. The van der Waals surface area contributed by atoms with Crippen LogP contribution in [-0.4, -0.2) is 20.4 Å². The molecule has 0 aliphatic heterocycles. The van der Waals surface area contributed by atoms with Crippen molar-refractivity contribution >= 4 is 27.7 Å². The highest BCUT2D eigenvalue weighted by Gasteiger charge is 2.13. The second kappa shape index (κ2) is 8.67. The minimum Gasteiger partial charge on any atom is -0.349 e. The predicted octanol–water partition coefficient (Wildman–Crippen LogP) is 3.87. The third kappa shape index (κ3) is 6.04. The molecule has 2 rings (SSSR count). The molecular formula is C20H24N2O3S. The number of benzene rings is 2. The first kappa shape index (κ1) is 19.7. The molecule has 0 heterocycles. The number of nitrogens with one attached hydrogen (secondary N) is 2. The lowest BCUT2D eigenvalue weighted by atomic mass is 10.1. The van der Waals surface area contributed by atoms with E-state index < -0.39 is 10.0 Å². The van der Waals surface area contributed by atoms with Gasteiger partial charge < -0.3 is 5.32 Å². The fraction of sp³-hybridized carbons (Fsp3) is 0.250. The highest BCUT2D eigenvalue weighted by Crippen LogP contribution is 2.13. The number of rotatable bonds is 7. The predicted molar refractivity (Wildman–Crippen MR) is 106 cm³/mol. The van der Waals surface area contributed by atoms with Gasteiger partial charge in [0.15, 0.2) is 0 Å². The van der Waals surface area contributed by atoms with Gasteiger partial charge in [0.2, 0.25) is 0 Å². The summed E-state index contributed by atoms with van der Waals surface area (Å²) in [7, 11) is -3.63. The molecule has 0 spiro atoms. The zero-order valence-corrected chi connectivity index (χ0v) is 16.0. The Labute approximate surface area is 155 Å². The van der Waals surface area contributed by atoms with Crippen molar-refractivity contribution in [2.24, 2.45) is 5.92 Å². The third-order valence-corrected chi connectivity index (χ3v) is 5.02. The first-order valence-electron chi connectivity index (χ1n) is 8.44. The molecule has 0 aliphatic rings. The summed E-state index contributed by atoms with van der Waals surface area (Å²) in [5, 5.41) is 4.03. The van der Waals surface area contributed by atoms with E-state index in [1.54, 1.807) is 24.3 Å². The summed E-state index contributed by atoms with van der Waals surface area (Å²) in [5.41, 5.74) is 1.68. The second-order valence-electron chi connectivity index (χ2n) is 6.44.